The van der Waals surface area contributed by atoms with Crippen LogP contribution < -0.4 is 14.4 Å². The molecule has 37 heavy (non-hydrogen) atoms. The molecule has 1 N–H and O–H groups in total. The van der Waals surface area contributed by atoms with Crippen LogP contribution in [0.4, 0.5) is 5.69 Å². The van der Waals surface area contributed by atoms with Gasteiger partial charge in [-0.1, -0.05) is 54.1 Å². The summed E-state index contributed by atoms with van der Waals surface area (Å²) in [6, 6.07) is 20.6. The fraction of sp³-hybridized carbons (Fsp3) is 0.296. The number of methoxy groups -OCH3 is 1. The number of nitrogens with one attached hydrogen (secondary N) is 1. The van der Waals surface area contributed by atoms with Gasteiger partial charge in [0, 0.05) is 26.2 Å². The van der Waals surface area contributed by atoms with Crippen molar-refractivity contribution >= 4 is 33.2 Å². The molecule has 0 spiro atoms. The highest BCUT2D eigenvalue weighted by molar-refractivity contribution is 7.92. The first-order valence-corrected chi connectivity index (χ1v) is 13.7. The summed E-state index contributed by atoms with van der Waals surface area (Å²) < 4.78 is 38.6. The molecular formula is C27H30ClN3O5S. The van der Waals surface area contributed by atoms with Gasteiger partial charge in [-0.2, -0.15) is 0 Å². The van der Waals surface area contributed by atoms with Gasteiger partial charge in [-0.3, -0.25) is 14.0 Å². The third kappa shape index (κ3) is 7.01. The van der Waals surface area contributed by atoms with Crippen molar-refractivity contribution in [3.05, 3.63) is 88.9 Å². The molecular weight excluding hydrogens is 514 g/mol. The van der Waals surface area contributed by atoms with E-state index in [9.17, 15) is 13.2 Å². The first-order chi connectivity index (χ1) is 17.9. The number of hydrogen-bond donors (Lipinski definition) is 1. The molecule has 0 saturated carbocycles. The van der Waals surface area contributed by atoms with Crippen LogP contribution in [0.15, 0.2) is 77.7 Å². The molecule has 1 heterocycles. The Hall–Kier alpha value is -3.11. The predicted octanol–water partition coefficient (Wildman–Crippen LogP) is 3.69. The molecule has 0 bridgehead atoms. The second-order valence-corrected chi connectivity index (χ2v) is 10.9. The summed E-state index contributed by atoms with van der Waals surface area (Å²) in [6.45, 7) is 4.06. The van der Waals surface area contributed by atoms with Gasteiger partial charge in [0.25, 0.3) is 10.0 Å². The summed E-state index contributed by atoms with van der Waals surface area (Å²) in [7, 11) is -2.55. The Bertz CT molecular complexity index is 1300. The molecule has 1 fully saturated rings. The lowest BCUT2D eigenvalue weighted by Gasteiger charge is -2.26. The Balaban J connectivity index is 1.45. The largest absolute Gasteiger partial charge is 0.495 e. The van der Waals surface area contributed by atoms with Crippen molar-refractivity contribution in [1.82, 2.24) is 10.2 Å². The first-order valence-electron chi connectivity index (χ1n) is 11.9. The molecule has 1 amide bonds. The average Bonchev–Trinajstić information content (AvgIpc) is 2.92. The Morgan fingerprint density at radius 2 is 1.70 bits per heavy atom. The monoisotopic (exact) mass is 543 g/mol. The molecule has 8 nitrogen and oxygen atoms in total. The van der Waals surface area contributed by atoms with E-state index in [4.69, 9.17) is 21.1 Å². The molecule has 0 atom stereocenters. The fourth-order valence-electron chi connectivity index (χ4n) is 4.01. The molecule has 1 aliphatic rings. The van der Waals surface area contributed by atoms with E-state index in [1.54, 1.807) is 30.3 Å². The van der Waals surface area contributed by atoms with Gasteiger partial charge in [-0.05, 0) is 41.5 Å². The highest BCUT2D eigenvalue weighted by Crippen LogP contribution is 2.31. The van der Waals surface area contributed by atoms with E-state index in [0.717, 1.165) is 42.7 Å². The first kappa shape index (κ1) is 26.9. The Morgan fingerprint density at radius 1 is 1.03 bits per heavy atom. The second kappa shape index (κ2) is 12.4. The standard InChI is InChI=1S/C27H30ClN3O5S/c1-35-26-12-11-23(17-25(26)28)31(37(33,34)24-5-3-2-4-6-24)20-27(32)29-18-21-7-9-22(10-8-21)19-30-13-15-36-16-14-30/h2-12,17H,13-16,18-20H2,1H3,(H,29,32). The smallest absolute Gasteiger partial charge is 0.264 e. The van der Waals surface area contributed by atoms with Gasteiger partial charge in [-0.25, -0.2) is 8.42 Å². The molecule has 3 aromatic carbocycles. The van der Waals surface area contributed by atoms with E-state index in [1.165, 1.54) is 30.9 Å². The number of rotatable bonds is 10. The zero-order valence-corrected chi connectivity index (χ0v) is 22.2. The van der Waals surface area contributed by atoms with Gasteiger partial charge >= 0.3 is 0 Å². The third-order valence-corrected chi connectivity index (χ3v) is 8.15. The van der Waals surface area contributed by atoms with Crippen molar-refractivity contribution in [3.8, 4) is 5.75 Å². The Labute approximate surface area is 222 Å². The number of sulfonamides is 1. The van der Waals surface area contributed by atoms with Crippen LogP contribution >= 0.6 is 11.6 Å². The van der Waals surface area contributed by atoms with Crippen LogP contribution in [0.1, 0.15) is 11.1 Å². The summed E-state index contributed by atoms with van der Waals surface area (Å²) >= 11 is 6.27. The SMILES string of the molecule is COc1ccc(N(CC(=O)NCc2ccc(CN3CCOCC3)cc2)S(=O)(=O)c2ccccc2)cc1Cl. The molecule has 10 heteroatoms. The molecule has 0 aliphatic carbocycles. The number of anilines is 1. The normalized spacial score (nSPS) is 14.2. The summed E-state index contributed by atoms with van der Waals surface area (Å²) in [5.74, 6) is -0.0344. The van der Waals surface area contributed by atoms with Gasteiger partial charge in [0.05, 0.1) is 35.9 Å². The minimum absolute atomic E-state index is 0.0746. The predicted molar refractivity (Wildman–Crippen MR) is 143 cm³/mol. The van der Waals surface area contributed by atoms with Gasteiger partial charge in [0.1, 0.15) is 12.3 Å². The van der Waals surface area contributed by atoms with Crippen molar-refractivity contribution in [3.63, 3.8) is 0 Å². The van der Waals surface area contributed by atoms with Gasteiger partial charge in [0.2, 0.25) is 5.91 Å². The number of benzene rings is 3. The van der Waals surface area contributed by atoms with Crippen molar-refractivity contribution < 1.29 is 22.7 Å². The lowest BCUT2D eigenvalue weighted by Crippen LogP contribution is -2.40. The van der Waals surface area contributed by atoms with Gasteiger partial charge in [0.15, 0.2) is 0 Å². The number of nitrogens with zero attached hydrogens (tertiary/aromatic N) is 2. The maximum atomic E-state index is 13.5. The third-order valence-electron chi connectivity index (χ3n) is 6.06. The Morgan fingerprint density at radius 3 is 2.35 bits per heavy atom. The van der Waals surface area contributed by atoms with Crippen LogP contribution in [0.2, 0.25) is 5.02 Å². The van der Waals surface area contributed by atoms with Crippen LogP contribution in [-0.2, 0) is 32.6 Å². The Kier molecular flexibility index (Phi) is 9.04. The topological polar surface area (TPSA) is 88.2 Å². The van der Waals surface area contributed by atoms with Gasteiger partial charge < -0.3 is 14.8 Å². The molecule has 1 aliphatic heterocycles. The highest BCUT2D eigenvalue weighted by atomic mass is 35.5. The number of halogens is 1. The van der Waals surface area contributed by atoms with Crippen LogP contribution in [0.5, 0.6) is 5.75 Å². The molecule has 4 rings (SSSR count). The van der Waals surface area contributed by atoms with Crippen molar-refractivity contribution in [2.24, 2.45) is 0 Å². The zero-order chi connectivity index (χ0) is 26.3. The van der Waals surface area contributed by atoms with Crippen LogP contribution in [0, 0.1) is 0 Å². The van der Waals surface area contributed by atoms with E-state index in [1.807, 2.05) is 24.3 Å². The quantitative estimate of drug-likeness (QED) is 0.419. The number of carbonyl (C=O) groups excluding carboxylic acids is 1. The zero-order valence-electron chi connectivity index (χ0n) is 20.6. The van der Waals surface area contributed by atoms with E-state index >= 15 is 0 Å². The molecule has 0 radical (unpaired) electrons. The lowest BCUT2D eigenvalue weighted by molar-refractivity contribution is -0.119. The summed E-state index contributed by atoms with van der Waals surface area (Å²) in [4.78, 5) is 15.3. The summed E-state index contributed by atoms with van der Waals surface area (Å²) in [5.41, 5.74) is 2.37. The summed E-state index contributed by atoms with van der Waals surface area (Å²) in [6.07, 6.45) is 0. The number of morpholine rings is 1. The van der Waals surface area contributed by atoms with E-state index in [-0.39, 0.29) is 22.2 Å². The fourth-order valence-corrected chi connectivity index (χ4v) is 5.70. The van der Waals surface area contributed by atoms with Crippen LogP contribution in [0.3, 0.4) is 0 Å². The van der Waals surface area contributed by atoms with Crippen molar-refractivity contribution in [1.29, 1.82) is 0 Å². The van der Waals surface area contributed by atoms with E-state index < -0.39 is 22.5 Å². The minimum atomic E-state index is -4.03. The molecule has 0 unspecified atom stereocenters. The average molecular weight is 544 g/mol. The highest BCUT2D eigenvalue weighted by Gasteiger charge is 2.27. The number of carbonyl (C=O) groups is 1. The van der Waals surface area contributed by atoms with E-state index in [0.29, 0.717) is 5.75 Å². The molecule has 0 aromatic heterocycles. The molecule has 1 saturated heterocycles. The van der Waals surface area contributed by atoms with E-state index in [2.05, 4.69) is 10.2 Å². The number of amides is 1. The van der Waals surface area contributed by atoms with Crippen LogP contribution in [0.25, 0.3) is 0 Å². The number of hydrogen-bond acceptors (Lipinski definition) is 6. The molecule has 3 aromatic rings. The maximum absolute atomic E-state index is 13.5. The number of ether oxygens (including phenoxy) is 2. The lowest BCUT2D eigenvalue weighted by atomic mass is 10.1. The molecule has 196 valence electrons. The van der Waals surface area contributed by atoms with Gasteiger partial charge in [-0.15, -0.1) is 0 Å². The van der Waals surface area contributed by atoms with Crippen molar-refractivity contribution in [2.45, 2.75) is 18.0 Å². The maximum Gasteiger partial charge on any atom is 0.264 e. The van der Waals surface area contributed by atoms with Crippen molar-refractivity contribution in [2.75, 3.05) is 44.3 Å². The second-order valence-electron chi connectivity index (χ2n) is 8.63. The summed E-state index contributed by atoms with van der Waals surface area (Å²) in [5, 5.41) is 3.07. The minimum Gasteiger partial charge on any atom is -0.495 e. The van der Waals surface area contributed by atoms with Crippen LogP contribution in [-0.4, -0.2) is 59.2 Å².